The maximum atomic E-state index is 11.4. The van der Waals surface area contributed by atoms with Crippen molar-refractivity contribution in [3.63, 3.8) is 0 Å². The average Bonchev–Trinajstić information content (AvgIpc) is 2.48. The molecule has 0 aromatic heterocycles. The zero-order chi connectivity index (χ0) is 14.8. The number of hydrogen-bond donors (Lipinski definition) is 1. The summed E-state index contributed by atoms with van der Waals surface area (Å²) < 4.78 is 0. The Hall–Kier alpha value is -1.93. The van der Waals surface area contributed by atoms with Crippen LogP contribution in [0.5, 0.6) is 0 Å². The number of nitrogens with one attached hydrogen (secondary N) is 1. The van der Waals surface area contributed by atoms with Crippen LogP contribution >= 0.6 is 12.2 Å². The van der Waals surface area contributed by atoms with Gasteiger partial charge in [-0.05, 0) is 24.2 Å². The smallest absolute Gasteiger partial charge is 0.225 e. The van der Waals surface area contributed by atoms with Crippen molar-refractivity contribution in [1.82, 2.24) is 10.2 Å². The lowest BCUT2D eigenvalue weighted by atomic mass is 10.1. The van der Waals surface area contributed by atoms with E-state index in [-0.39, 0.29) is 5.91 Å². The summed E-state index contributed by atoms with van der Waals surface area (Å²) in [6.45, 7) is 3.00. The standard InChI is InChI=1S/C15H19N3OS/c1-2-14(19)17-15(20)18(11-6-10-16)12-9-13-7-4-3-5-8-13/h3-5,7-8H,2,6,9,11-12H2,1H3,(H,17,19,20). The second-order valence-electron chi connectivity index (χ2n) is 4.34. The summed E-state index contributed by atoms with van der Waals surface area (Å²) in [5, 5.41) is 11.8. The van der Waals surface area contributed by atoms with Crippen molar-refractivity contribution in [2.75, 3.05) is 13.1 Å². The first-order valence-corrected chi connectivity index (χ1v) is 7.07. The van der Waals surface area contributed by atoms with Crippen molar-refractivity contribution in [2.45, 2.75) is 26.2 Å². The molecule has 1 aromatic carbocycles. The highest BCUT2D eigenvalue weighted by Gasteiger charge is 2.11. The quantitative estimate of drug-likeness (QED) is 0.816. The molecule has 0 unspecified atom stereocenters. The van der Waals surface area contributed by atoms with Gasteiger partial charge in [-0.25, -0.2) is 0 Å². The van der Waals surface area contributed by atoms with Crippen molar-refractivity contribution < 1.29 is 4.79 Å². The molecule has 0 radical (unpaired) electrons. The van der Waals surface area contributed by atoms with Crippen LogP contribution in [0.3, 0.4) is 0 Å². The van der Waals surface area contributed by atoms with Crippen LogP contribution in [-0.4, -0.2) is 29.0 Å². The van der Waals surface area contributed by atoms with Gasteiger partial charge in [0, 0.05) is 19.5 Å². The van der Waals surface area contributed by atoms with Gasteiger partial charge in [0.05, 0.1) is 12.5 Å². The van der Waals surface area contributed by atoms with Crippen molar-refractivity contribution in [3.05, 3.63) is 35.9 Å². The second kappa shape index (κ2) is 9.05. The van der Waals surface area contributed by atoms with E-state index in [0.29, 0.717) is 31.0 Å². The summed E-state index contributed by atoms with van der Waals surface area (Å²) in [5.74, 6) is -0.100. The van der Waals surface area contributed by atoms with E-state index in [2.05, 4.69) is 23.5 Å². The molecule has 0 saturated carbocycles. The van der Waals surface area contributed by atoms with Crippen LogP contribution in [0.1, 0.15) is 25.3 Å². The minimum atomic E-state index is -0.100. The topological polar surface area (TPSA) is 56.1 Å². The molecule has 1 N–H and O–H groups in total. The van der Waals surface area contributed by atoms with Gasteiger partial charge in [-0.3, -0.25) is 4.79 Å². The van der Waals surface area contributed by atoms with Gasteiger partial charge < -0.3 is 10.2 Å². The highest BCUT2D eigenvalue weighted by atomic mass is 32.1. The van der Waals surface area contributed by atoms with Crippen LogP contribution < -0.4 is 5.32 Å². The lowest BCUT2D eigenvalue weighted by Crippen LogP contribution is -2.43. The third-order valence-electron chi connectivity index (χ3n) is 2.86. The minimum Gasteiger partial charge on any atom is -0.348 e. The molecule has 0 saturated heterocycles. The molecule has 0 fully saturated rings. The maximum absolute atomic E-state index is 11.4. The molecular weight excluding hydrogens is 270 g/mol. The van der Waals surface area contributed by atoms with Crippen molar-refractivity contribution in [1.29, 1.82) is 5.26 Å². The van der Waals surface area contributed by atoms with Crippen molar-refractivity contribution in [2.24, 2.45) is 0 Å². The van der Waals surface area contributed by atoms with Crippen LogP contribution in [0, 0.1) is 11.3 Å². The molecule has 0 heterocycles. The van der Waals surface area contributed by atoms with E-state index >= 15 is 0 Å². The highest BCUT2D eigenvalue weighted by Crippen LogP contribution is 2.03. The number of benzene rings is 1. The molecule has 1 aromatic rings. The first-order valence-electron chi connectivity index (χ1n) is 6.67. The predicted molar refractivity (Wildman–Crippen MR) is 83.0 cm³/mol. The summed E-state index contributed by atoms with van der Waals surface area (Å²) >= 11 is 5.23. The number of carbonyl (C=O) groups excluding carboxylic acids is 1. The van der Waals surface area contributed by atoms with Crippen LogP contribution in [0.15, 0.2) is 30.3 Å². The fourth-order valence-electron chi connectivity index (χ4n) is 1.70. The van der Waals surface area contributed by atoms with Gasteiger partial charge in [0.1, 0.15) is 0 Å². The molecule has 0 aliphatic heterocycles. The minimum absolute atomic E-state index is 0.100. The summed E-state index contributed by atoms with van der Waals surface area (Å²) in [6.07, 6.45) is 1.61. The van der Waals surface area contributed by atoms with Crippen LogP contribution in [0.2, 0.25) is 0 Å². The molecule has 1 rings (SSSR count). The lowest BCUT2D eigenvalue weighted by Gasteiger charge is -2.24. The van der Waals surface area contributed by atoms with Gasteiger partial charge >= 0.3 is 0 Å². The van der Waals surface area contributed by atoms with E-state index < -0.39 is 0 Å². The van der Waals surface area contributed by atoms with Gasteiger partial charge in [0.15, 0.2) is 5.11 Å². The normalized spacial score (nSPS) is 9.60. The largest absolute Gasteiger partial charge is 0.348 e. The molecule has 0 aliphatic rings. The molecular formula is C15H19N3OS. The van der Waals surface area contributed by atoms with Gasteiger partial charge in [-0.15, -0.1) is 0 Å². The Morgan fingerprint density at radius 2 is 2.05 bits per heavy atom. The first kappa shape index (κ1) is 16.1. The summed E-state index contributed by atoms with van der Waals surface area (Å²) in [4.78, 5) is 13.3. The number of nitrogens with zero attached hydrogens (tertiary/aromatic N) is 2. The average molecular weight is 289 g/mol. The van der Waals surface area contributed by atoms with E-state index in [4.69, 9.17) is 17.5 Å². The van der Waals surface area contributed by atoms with Crippen molar-refractivity contribution in [3.8, 4) is 6.07 Å². The second-order valence-corrected chi connectivity index (χ2v) is 4.72. The van der Waals surface area contributed by atoms with Crippen LogP contribution in [0.4, 0.5) is 0 Å². The first-order chi connectivity index (χ1) is 9.67. The van der Waals surface area contributed by atoms with Crippen LogP contribution in [-0.2, 0) is 11.2 Å². The molecule has 106 valence electrons. The SMILES string of the molecule is CCC(=O)NC(=S)N(CCC#N)CCc1ccccc1. The van der Waals surface area contributed by atoms with Crippen LogP contribution in [0.25, 0.3) is 0 Å². The number of rotatable bonds is 6. The highest BCUT2D eigenvalue weighted by molar-refractivity contribution is 7.80. The molecule has 5 heteroatoms. The van der Waals surface area contributed by atoms with Gasteiger partial charge in [-0.1, -0.05) is 37.3 Å². The molecule has 0 aliphatic carbocycles. The van der Waals surface area contributed by atoms with E-state index in [1.807, 2.05) is 23.1 Å². The Balaban J connectivity index is 2.57. The van der Waals surface area contributed by atoms with Crippen molar-refractivity contribution >= 4 is 23.2 Å². The summed E-state index contributed by atoms with van der Waals surface area (Å²) in [7, 11) is 0. The number of amides is 1. The third-order valence-corrected chi connectivity index (χ3v) is 3.22. The number of hydrogen-bond acceptors (Lipinski definition) is 3. The monoisotopic (exact) mass is 289 g/mol. The van der Waals surface area contributed by atoms with E-state index in [9.17, 15) is 4.79 Å². The molecule has 20 heavy (non-hydrogen) atoms. The Kier molecular flexibility index (Phi) is 7.30. The van der Waals surface area contributed by atoms with Gasteiger partial charge in [0.2, 0.25) is 5.91 Å². The van der Waals surface area contributed by atoms with Gasteiger partial charge in [0.25, 0.3) is 0 Å². The third kappa shape index (κ3) is 5.81. The lowest BCUT2D eigenvalue weighted by molar-refractivity contribution is -0.119. The number of carbonyl (C=O) groups is 1. The van der Waals surface area contributed by atoms with E-state index in [1.54, 1.807) is 6.92 Å². The summed E-state index contributed by atoms with van der Waals surface area (Å²) in [6, 6.07) is 12.2. The Morgan fingerprint density at radius 3 is 2.65 bits per heavy atom. The van der Waals surface area contributed by atoms with Gasteiger partial charge in [-0.2, -0.15) is 5.26 Å². The Bertz CT molecular complexity index is 482. The molecule has 0 spiro atoms. The fourth-order valence-corrected chi connectivity index (χ4v) is 1.99. The number of nitriles is 1. The molecule has 0 bridgehead atoms. The fraction of sp³-hybridized carbons (Fsp3) is 0.400. The predicted octanol–water partition coefficient (Wildman–Crippen LogP) is 2.26. The van der Waals surface area contributed by atoms with E-state index in [1.165, 1.54) is 5.56 Å². The zero-order valence-electron chi connectivity index (χ0n) is 11.6. The molecule has 0 atom stereocenters. The maximum Gasteiger partial charge on any atom is 0.225 e. The Labute approximate surface area is 125 Å². The Morgan fingerprint density at radius 1 is 1.35 bits per heavy atom. The van der Waals surface area contributed by atoms with E-state index in [0.717, 1.165) is 6.42 Å². The molecule has 4 nitrogen and oxygen atoms in total. The number of thiocarbonyl (C=S) groups is 1. The molecule has 1 amide bonds. The zero-order valence-corrected chi connectivity index (χ0v) is 12.4. The summed E-state index contributed by atoms with van der Waals surface area (Å²) in [5.41, 5.74) is 1.21.